The summed E-state index contributed by atoms with van der Waals surface area (Å²) in [7, 11) is 7.06. The van der Waals surface area contributed by atoms with Gasteiger partial charge in [-0.3, -0.25) is 28.8 Å². The highest BCUT2D eigenvalue weighted by atomic mass is 16.6. The molecule has 0 aliphatic carbocycles. The lowest BCUT2D eigenvalue weighted by atomic mass is 9.93. The number of para-hydroxylation sites is 1. The Labute approximate surface area is 440 Å². The predicted octanol–water partition coefficient (Wildman–Crippen LogP) is 6.77. The summed E-state index contributed by atoms with van der Waals surface area (Å²) >= 11 is 0. The zero-order valence-corrected chi connectivity index (χ0v) is 46.8. The maximum atomic E-state index is 15.3. The average Bonchev–Trinajstić information content (AvgIpc) is 3.79. The van der Waals surface area contributed by atoms with E-state index in [2.05, 4.69) is 34.8 Å². The number of nitrogens with zero attached hydrogens (tertiary/aromatic N) is 3. The van der Waals surface area contributed by atoms with Crippen molar-refractivity contribution in [1.29, 1.82) is 0 Å². The van der Waals surface area contributed by atoms with Gasteiger partial charge in [-0.1, -0.05) is 118 Å². The van der Waals surface area contributed by atoms with E-state index in [1.165, 1.54) is 69.1 Å². The van der Waals surface area contributed by atoms with Crippen molar-refractivity contribution in [3.8, 4) is 0 Å². The molecule has 10 atom stereocenters. The van der Waals surface area contributed by atoms with Gasteiger partial charge in [0.25, 0.3) is 5.91 Å². The number of methoxy groups -OCH3 is 2. The number of aromatic amines is 1. The van der Waals surface area contributed by atoms with Crippen LogP contribution in [-0.4, -0.2) is 145 Å². The van der Waals surface area contributed by atoms with E-state index >= 15 is 9.59 Å². The van der Waals surface area contributed by atoms with E-state index in [4.69, 9.17) is 14.2 Å². The molecule has 2 aromatic rings. The molecular weight excluding hydrogens is 947 g/mol. The number of hydrogen-bond donors (Lipinski definition) is 4. The topological polar surface area (TPSA) is 226 Å². The average molecular weight is 1040 g/mol. The lowest BCUT2D eigenvalue weighted by Gasteiger charge is -2.37. The molecule has 3 rings (SSSR count). The first-order valence-corrected chi connectivity index (χ1v) is 26.8. The molecule has 4 N–H and O–H groups in total. The van der Waals surface area contributed by atoms with E-state index in [9.17, 15) is 28.8 Å². The molecule has 0 saturated carbocycles. The normalized spacial score (nSPS) is 23.9. The SMILES string of the molecule is CCCCC(C)CC1NC(=O)C(C(OC)c2c[nH]c3ccccc23)N(C)C(=O)C(CC(C)C)NC(=O)C(CC(C)C)N(C)C(=O)C(CC(C)CCCC)NC(=O)C(CCC=CC(=O)OC)OC(=O)C(C)N(C)C1=O. The van der Waals surface area contributed by atoms with Crippen LogP contribution in [0.1, 0.15) is 151 Å². The highest BCUT2D eigenvalue weighted by Gasteiger charge is 2.43. The zero-order chi connectivity index (χ0) is 55.4. The molecule has 0 radical (unpaired) electrons. The molecule has 1 saturated heterocycles. The molecule has 0 spiro atoms. The van der Waals surface area contributed by atoms with Crippen molar-refractivity contribution in [2.45, 2.75) is 188 Å². The minimum absolute atomic E-state index is 0.0567. The van der Waals surface area contributed by atoms with Crippen molar-refractivity contribution < 1.29 is 52.6 Å². The van der Waals surface area contributed by atoms with E-state index in [1.54, 1.807) is 6.20 Å². The number of nitrogens with one attached hydrogen (secondary N) is 4. The van der Waals surface area contributed by atoms with Crippen LogP contribution in [0.15, 0.2) is 42.6 Å². The van der Waals surface area contributed by atoms with Gasteiger partial charge in [-0.25, -0.2) is 9.59 Å². The highest BCUT2D eigenvalue weighted by molar-refractivity contribution is 5.98. The van der Waals surface area contributed by atoms with Crippen LogP contribution in [0.2, 0.25) is 0 Å². The maximum Gasteiger partial charge on any atom is 0.330 e. The summed E-state index contributed by atoms with van der Waals surface area (Å²) in [5.41, 5.74) is 1.33. The van der Waals surface area contributed by atoms with Crippen molar-refractivity contribution in [3.63, 3.8) is 0 Å². The van der Waals surface area contributed by atoms with Crippen LogP contribution >= 0.6 is 0 Å². The fourth-order valence-corrected chi connectivity index (χ4v) is 9.58. The van der Waals surface area contributed by atoms with E-state index in [-0.39, 0.29) is 62.2 Å². The molecule has 10 unspecified atom stereocenters. The summed E-state index contributed by atoms with van der Waals surface area (Å²) in [5, 5.41) is 9.59. The molecule has 2 heterocycles. The van der Waals surface area contributed by atoms with Crippen LogP contribution in [-0.2, 0) is 52.6 Å². The number of allylic oxidation sites excluding steroid dienone is 1. The number of amides is 6. The summed E-state index contributed by atoms with van der Waals surface area (Å²) < 4.78 is 16.9. The Bertz CT molecular complexity index is 2210. The second-order valence-electron chi connectivity index (χ2n) is 21.3. The van der Waals surface area contributed by atoms with Gasteiger partial charge in [0.2, 0.25) is 29.5 Å². The fourth-order valence-electron chi connectivity index (χ4n) is 9.58. The molecule has 0 bridgehead atoms. The second-order valence-corrected chi connectivity index (χ2v) is 21.3. The number of fused-ring (bicyclic) bond motifs is 1. The first-order valence-electron chi connectivity index (χ1n) is 26.8. The number of benzene rings is 1. The van der Waals surface area contributed by atoms with Crippen LogP contribution in [0.25, 0.3) is 10.9 Å². The van der Waals surface area contributed by atoms with Crippen molar-refractivity contribution in [2.24, 2.45) is 23.7 Å². The Morgan fingerprint density at radius 2 is 1.23 bits per heavy atom. The Kier molecular flexibility index (Phi) is 25.8. The number of esters is 2. The van der Waals surface area contributed by atoms with E-state index in [0.717, 1.165) is 49.4 Å². The number of H-pyrrole nitrogens is 1. The number of unbranched alkanes of at least 4 members (excludes halogenated alkanes) is 2. The standard InChI is InChI=1S/C56H89N7O11/c1-15-17-23-36(7)31-43-53(68)61(10)38(9)56(71)74-46(27-21-22-28-47(64)72-13)51(66)59-44(32-37(8)24-18-16-2)54(69)62(11)45(30-35(5)6)50(65)58-42(29-34(3)4)55(70)63(12)48(52(67)60-43)49(73-14)40-33-57-41-26-20-19-25-39(40)41/h19-20,22,25-26,28,33-38,42-46,48-49,57H,15-18,21,23-24,27,29-32H2,1-14H3,(H,58,65)(H,59,66)(H,60,67). The van der Waals surface area contributed by atoms with E-state index in [0.29, 0.717) is 5.56 Å². The molecule has 1 aliphatic heterocycles. The number of cyclic esters (lactones) is 1. The molecule has 18 heteroatoms. The third-order valence-corrected chi connectivity index (χ3v) is 14.1. The number of carbonyl (C=O) groups is 8. The Balaban J connectivity index is 2.37. The van der Waals surface area contributed by atoms with E-state index < -0.39 is 95.8 Å². The molecule has 414 valence electrons. The summed E-state index contributed by atoms with van der Waals surface area (Å²) in [6.45, 7) is 17.2. The van der Waals surface area contributed by atoms with Gasteiger partial charge in [0.05, 0.1) is 7.11 Å². The second kappa shape index (κ2) is 30.6. The highest BCUT2D eigenvalue weighted by Crippen LogP contribution is 2.32. The molecular formula is C56H89N7O11. The smallest absolute Gasteiger partial charge is 0.330 e. The number of rotatable bonds is 21. The van der Waals surface area contributed by atoms with Crippen molar-refractivity contribution in [1.82, 2.24) is 35.6 Å². The number of likely N-dealkylation sites (N-methyl/N-ethyl adjacent to an activating group) is 3. The third-order valence-electron chi connectivity index (χ3n) is 14.1. The molecule has 1 aliphatic rings. The number of aromatic nitrogens is 1. The van der Waals surface area contributed by atoms with Crippen molar-refractivity contribution >= 4 is 58.3 Å². The Morgan fingerprint density at radius 1 is 0.703 bits per heavy atom. The largest absolute Gasteiger partial charge is 0.466 e. The summed E-state index contributed by atoms with van der Waals surface area (Å²) in [4.78, 5) is 123. The van der Waals surface area contributed by atoms with Gasteiger partial charge < -0.3 is 49.8 Å². The minimum atomic E-state index is -1.50. The van der Waals surface area contributed by atoms with Gasteiger partial charge in [0.15, 0.2) is 6.10 Å². The molecule has 1 aromatic heterocycles. The maximum absolute atomic E-state index is 15.3. The number of ether oxygens (including phenoxy) is 3. The molecule has 18 nitrogen and oxygen atoms in total. The molecule has 6 amide bonds. The lowest BCUT2D eigenvalue weighted by Crippen LogP contribution is -2.61. The summed E-state index contributed by atoms with van der Waals surface area (Å²) in [5.74, 6) is -5.83. The summed E-state index contributed by atoms with van der Waals surface area (Å²) in [6.07, 6.45) is 7.51. The van der Waals surface area contributed by atoms with Crippen molar-refractivity contribution in [3.05, 3.63) is 48.2 Å². The Morgan fingerprint density at radius 3 is 1.78 bits per heavy atom. The predicted molar refractivity (Wildman–Crippen MR) is 285 cm³/mol. The van der Waals surface area contributed by atoms with Crippen LogP contribution < -0.4 is 16.0 Å². The fraction of sp³-hybridized carbons (Fsp3) is 0.679. The van der Waals surface area contributed by atoms with Gasteiger partial charge in [-0.2, -0.15) is 0 Å². The van der Waals surface area contributed by atoms with Crippen LogP contribution in [0.3, 0.4) is 0 Å². The molecule has 74 heavy (non-hydrogen) atoms. The summed E-state index contributed by atoms with van der Waals surface area (Å²) in [6, 6.07) is 0.0738. The van der Waals surface area contributed by atoms with Gasteiger partial charge in [0.1, 0.15) is 42.4 Å². The quantitative estimate of drug-likeness (QED) is 0.0754. The van der Waals surface area contributed by atoms with Crippen molar-refractivity contribution in [2.75, 3.05) is 35.4 Å². The first kappa shape index (κ1) is 62.5. The van der Waals surface area contributed by atoms with Crippen LogP contribution in [0.5, 0.6) is 0 Å². The van der Waals surface area contributed by atoms with Crippen LogP contribution in [0, 0.1) is 23.7 Å². The minimum Gasteiger partial charge on any atom is -0.466 e. The first-order chi connectivity index (χ1) is 35.0. The number of carbonyl (C=O) groups excluding carboxylic acids is 8. The van der Waals surface area contributed by atoms with Gasteiger partial charge in [-0.15, -0.1) is 0 Å². The van der Waals surface area contributed by atoms with Gasteiger partial charge >= 0.3 is 11.9 Å². The van der Waals surface area contributed by atoms with Gasteiger partial charge in [-0.05, 0) is 75.2 Å². The molecule has 1 fully saturated rings. The zero-order valence-electron chi connectivity index (χ0n) is 46.8. The molecule has 1 aromatic carbocycles. The van der Waals surface area contributed by atoms with Gasteiger partial charge in [0, 0.05) is 57.0 Å². The lowest BCUT2D eigenvalue weighted by molar-refractivity contribution is -0.163. The number of hydrogen-bond acceptors (Lipinski definition) is 11. The third kappa shape index (κ3) is 18.0. The van der Waals surface area contributed by atoms with E-state index in [1.807, 2.05) is 65.8 Å². The Hall–Kier alpha value is -5.78. The van der Waals surface area contributed by atoms with Crippen LogP contribution in [0.4, 0.5) is 0 Å². The monoisotopic (exact) mass is 1040 g/mol.